The number of carbonyl (C=O) groups excluding carboxylic acids is 1. The van der Waals surface area contributed by atoms with Gasteiger partial charge in [-0.05, 0) is 44.5 Å². The Morgan fingerprint density at radius 2 is 2.00 bits per heavy atom. The van der Waals surface area contributed by atoms with E-state index in [0.717, 1.165) is 4.90 Å². The van der Waals surface area contributed by atoms with Crippen LogP contribution in [0.4, 0.5) is 0 Å². The second-order valence-corrected chi connectivity index (χ2v) is 5.99. The number of carbonyl (C=O) groups is 1. The van der Waals surface area contributed by atoms with Crippen LogP contribution in [0.25, 0.3) is 0 Å². The maximum Gasteiger partial charge on any atom is 0.233 e. The molecule has 100 valence electrons. The average molecular weight is 288 g/mol. The predicted octanol–water partition coefficient (Wildman–Crippen LogP) is 2.71. The number of rotatable bonds is 6. The minimum Gasteiger partial charge on any atom is -0.396 e. The molecular weight excluding hydrogens is 270 g/mol. The van der Waals surface area contributed by atoms with Gasteiger partial charge >= 0.3 is 0 Å². The zero-order chi connectivity index (χ0) is 13.5. The third-order valence-electron chi connectivity index (χ3n) is 2.45. The summed E-state index contributed by atoms with van der Waals surface area (Å²) < 4.78 is 0. The zero-order valence-electron chi connectivity index (χ0n) is 10.5. The Balaban J connectivity index is 2.46. The van der Waals surface area contributed by atoms with Gasteiger partial charge in [-0.1, -0.05) is 11.6 Å². The quantitative estimate of drug-likeness (QED) is 0.791. The summed E-state index contributed by atoms with van der Waals surface area (Å²) in [5, 5.41) is 12.2. The molecule has 1 aromatic rings. The number of amides is 1. The molecule has 1 rings (SSSR count). The molecule has 0 aliphatic heterocycles. The van der Waals surface area contributed by atoms with E-state index in [1.54, 1.807) is 0 Å². The molecule has 1 amide bonds. The van der Waals surface area contributed by atoms with E-state index in [0.29, 0.717) is 11.4 Å². The van der Waals surface area contributed by atoms with Crippen molar-refractivity contribution in [3.63, 3.8) is 0 Å². The highest BCUT2D eigenvalue weighted by Gasteiger charge is 2.16. The van der Waals surface area contributed by atoms with Gasteiger partial charge in [0.15, 0.2) is 0 Å². The normalized spacial score (nSPS) is 14.0. The lowest BCUT2D eigenvalue weighted by atomic mass is 10.2. The van der Waals surface area contributed by atoms with Gasteiger partial charge in [0, 0.05) is 22.6 Å². The average Bonchev–Trinajstić information content (AvgIpc) is 2.32. The summed E-state index contributed by atoms with van der Waals surface area (Å²) in [6, 6.07) is 7.41. The van der Waals surface area contributed by atoms with E-state index in [-0.39, 0.29) is 23.8 Å². The second kappa shape index (κ2) is 7.67. The van der Waals surface area contributed by atoms with Crippen LogP contribution in [0, 0.1) is 0 Å². The lowest BCUT2D eigenvalue weighted by Crippen LogP contribution is -2.38. The highest BCUT2D eigenvalue weighted by atomic mass is 35.5. The number of nitrogens with one attached hydrogen (secondary N) is 1. The van der Waals surface area contributed by atoms with E-state index in [4.69, 9.17) is 16.7 Å². The first-order chi connectivity index (χ1) is 8.52. The fourth-order valence-corrected chi connectivity index (χ4v) is 2.40. The molecule has 0 radical (unpaired) electrons. The van der Waals surface area contributed by atoms with E-state index in [1.165, 1.54) is 11.8 Å². The van der Waals surface area contributed by atoms with Gasteiger partial charge in [0.05, 0.1) is 5.25 Å². The molecule has 0 fully saturated rings. The Kier molecular flexibility index (Phi) is 6.54. The van der Waals surface area contributed by atoms with Crippen molar-refractivity contribution in [3.05, 3.63) is 29.3 Å². The van der Waals surface area contributed by atoms with Crippen LogP contribution in [0.1, 0.15) is 20.3 Å². The molecule has 0 aliphatic carbocycles. The smallest absolute Gasteiger partial charge is 0.233 e. The topological polar surface area (TPSA) is 49.3 Å². The lowest BCUT2D eigenvalue weighted by Gasteiger charge is -2.16. The monoisotopic (exact) mass is 287 g/mol. The van der Waals surface area contributed by atoms with Gasteiger partial charge in [0.2, 0.25) is 5.91 Å². The van der Waals surface area contributed by atoms with E-state index in [1.807, 2.05) is 38.1 Å². The van der Waals surface area contributed by atoms with E-state index in [2.05, 4.69) is 5.32 Å². The molecule has 0 aliphatic rings. The summed E-state index contributed by atoms with van der Waals surface area (Å²) in [5.41, 5.74) is 0. The van der Waals surface area contributed by atoms with Crippen LogP contribution in [0.3, 0.4) is 0 Å². The minimum atomic E-state index is -0.174. The first kappa shape index (κ1) is 15.3. The minimum absolute atomic E-state index is 0.00392. The molecule has 0 aromatic heterocycles. The third kappa shape index (κ3) is 5.29. The van der Waals surface area contributed by atoms with Crippen molar-refractivity contribution in [1.29, 1.82) is 0 Å². The van der Waals surface area contributed by atoms with Crippen LogP contribution in [0.5, 0.6) is 0 Å². The summed E-state index contributed by atoms with van der Waals surface area (Å²) >= 11 is 7.29. The van der Waals surface area contributed by atoms with Crippen LogP contribution < -0.4 is 5.32 Å². The van der Waals surface area contributed by atoms with Crippen LogP contribution in [0.2, 0.25) is 5.02 Å². The summed E-state index contributed by atoms with van der Waals surface area (Å²) in [7, 11) is 0. The van der Waals surface area contributed by atoms with Crippen LogP contribution in [-0.2, 0) is 4.79 Å². The second-order valence-electron chi connectivity index (χ2n) is 4.14. The van der Waals surface area contributed by atoms with Crippen molar-refractivity contribution in [3.8, 4) is 0 Å². The lowest BCUT2D eigenvalue weighted by molar-refractivity contribution is -0.120. The molecule has 2 N–H and O–H groups in total. The van der Waals surface area contributed by atoms with E-state index in [9.17, 15) is 4.79 Å². The van der Waals surface area contributed by atoms with Crippen molar-refractivity contribution in [2.45, 2.75) is 36.5 Å². The van der Waals surface area contributed by atoms with Crippen molar-refractivity contribution >= 4 is 29.3 Å². The number of hydrogen-bond acceptors (Lipinski definition) is 3. The molecule has 0 heterocycles. The Labute approximate surface area is 117 Å². The summed E-state index contributed by atoms with van der Waals surface area (Å²) in [6.07, 6.45) is 0.573. The van der Waals surface area contributed by atoms with Gasteiger partial charge in [-0.2, -0.15) is 0 Å². The number of aliphatic hydroxyl groups excluding tert-OH is 1. The highest BCUT2D eigenvalue weighted by molar-refractivity contribution is 8.00. The van der Waals surface area contributed by atoms with Crippen LogP contribution in [-0.4, -0.2) is 28.9 Å². The summed E-state index contributed by atoms with van der Waals surface area (Å²) in [6.45, 7) is 3.83. The maximum atomic E-state index is 11.9. The van der Waals surface area contributed by atoms with Crippen molar-refractivity contribution in [2.24, 2.45) is 0 Å². The Morgan fingerprint density at radius 1 is 1.39 bits per heavy atom. The van der Waals surface area contributed by atoms with E-state index < -0.39 is 0 Å². The fourth-order valence-electron chi connectivity index (χ4n) is 1.40. The zero-order valence-corrected chi connectivity index (χ0v) is 12.1. The molecule has 2 atom stereocenters. The molecule has 0 bridgehead atoms. The molecule has 2 unspecified atom stereocenters. The van der Waals surface area contributed by atoms with Gasteiger partial charge in [-0.15, -0.1) is 11.8 Å². The molecule has 1 aromatic carbocycles. The van der Waals surface area contributed by atoms with Crippen molar-refractivity contribution < 1.29 is 9.90 Å². The van der Waals surface area contributed by atoms with Gasteiger partial charge in [0.25, 0.3) is 0 Å². The number of benzene rings is 1. The van der Waals surface area contributed by atoms with E-state index >= 15 is 0 Å². The summed E-state index contributed by atoms with van der Waals surface area (Å²) in [5.74, 6) is -0.0177. The molecule has 5 heteroatoms. The van der Waals surface area contributed by atoms with Crippen molar-refractivity contribution in [2.75, 3.05) is 6.61 Å². The number of halogens is 1. The highest BCUT2D eigenvalue weighted by Crippen LogP contribution is 2.24. The number of hydrogen-bond donors (Lipinski definition) is 2. The fraction of sp³-hybridized carbons (Fsp3) is 0.462. The predicted molar refractivity (Wildman–Crippen MR) is 76.1 cm³/mol. The largest absolute Gasteiger partial charge is 0.396 e. The molecule has 0 spiro atoms. The first-order valence-corrected chi connectivity index (χ1v) is 7.12. The molecule has 0 saturated heterocycles. The molecule has 3 nitrogen and oxygen atoms in total. The van der Waals surface area contributed by atoms with Crippen LogP contribution in [0.15, 0.2) is 29.2 Å². The standard InChI is InChI=1S/C13H18ClNO2S/c1-9(7-8-16)15-13(17)10(2)18-12-5-3-11(14)4-6-12/h3-6,9-10,16H,7-8H2,1-2H3,(H,15,17). The first-order valence-electron chi connectivity index (χ1n) is 5.86. The Hall–Kier alpha value is -0.710. The Morgan fingerprint density at radius 3 is 2.56 bits per heavy atom. The summed E-state index contributed by atoms with van der Waals surface area (Å²) in [4.78, 5) is 12.9. The Bertz CT molecular complexity index is 383. The maximum absolute atomic E-state index is 11.9. The van der Waals surface area contributed by atoms with Gasteiger partial charge in [0.1, 0.15) is 0 Å². The third-order valence-corrected chi connectivity index (χ3v) is 3.81. The van der Waals surface area contributed by atoms with Gasteiger partial charge in [-0.3, -0.25) is 4.79 Å². The molecule has 18 heavy (non-hydrogen) atoms. The SMILES string of the molecule is CC(CCO)NC(=O)C(C)Sc1ccc(Cl)cc1. The van der Waals surface area contributed by atoms with Crippen LogP contribution >= 0.6 is 23.4 Å². The van der Waals surface area contributed by atoms with Gasteiger partial charge < -0.3 is 10.4 Å². The molecular formula is C13H18ClNO2S. The molecule has 0 saturated carbocycles. The van der Waals surface area contributed by atoms with Gasteiger partial charge in [-0.25, -0.2) is 0 Å². The number of aliphatic hydroxyl groups is 1. The van der Waals surface area contributed by atoms with Crippen molar-refractivity contribution in [1.82, 2.24) is 5.32 Å². The number of thioether (sulfide) groups is 1.